The van der Waals surface area contributed by atoms with Gasteiger partial charge in [-0.3, -0.25) is 9.69 Å². The van der Waals surface area contributed by atoms with Crippen molar-refractivity contribution >= 4 is 5.91 Å². The van der Waals surface area contributed by atoms with Crippen molar-refractivity contribution in [3.8, 4) is 11.4 Å². The summed E-state index contributed by atoms with van der Waals surface area (Å²) in [7, 11) is 0. The highest BCUT2D eigenvalue weighted by atomic mass is 16.2. The summed E-state index contributed by atoms with van der Waals surface area (Å²) in [5.74, 6) is 1.50. The first-order valence-electron chi connectivity index (χ1n) is 10.9. The number of benzene rings is 1. The molecule has 1 aromatic carbocycles. The predicted molar refractivity (Wildman–Crippen MR) is 112 cm³/mol. The number of hydrogen-bond acceptors (Lipinski definition) is 3. The van der Waals surface area contributed by atoms with Crippen LogP contribution >= 0.6 is 0 Å². The van der Waals surface area contributed by atoms with Crippen LogP contribution in [0.5, 0.6) is 0 Å². The lowest BCUT2D eigenvalue weighted by atomic mass is 9.84. The van der Waals surface area contributed by atoms with Crippen LogP contribution in [0.3, 0.4) is 0 Å². The molecule has 0 radical (unpaired) electrons. The topological polar surface area (TPSA) is 50.2 Å². The number of aromatic nitrogens is 2. The minimum Gasteiger partial charge on any atom is -0.348 e. The average molecular weight is 381 g/mol. The third-order valence-electron chi connectivity index (χ3n) is 6.50. The van der Waals surface area contributed by atoms with Crippen molar-refractivity contribution < 1.29 is 4.79 Å². The number of carbonyl (C=O) groups is 1. The summed E-state index contributed by atoms with van der Waals surface area (Å²) in [6, 6.07) is 10.4. The maximum absolute atomic E-state index is 13.2. The number of nitrogens with one attached hydrogen (secondary N) is 1. The fraction of sp³-hybridized carbons (Fsp3) is 0.565. The normalized spacial score (nSPS) is 19.2. The minimum absolute atomic E-state index is 0.0121. The zero-order chi connectivity index (χ0) is 19.5. The van der Waals surface area contributed by atoms with E-state index in [1.54, 1.807) is 0 Å². The van der Waals surface area contributed by atoms with Gasteiger partial charge < -0.3 is 9.88 Å². The van der Waals surface area contributed by atoms with Crippen LogP contribution in [0.2, 0.25) is 0 Å². The lowest BCUT2D eigenvalue weighted by Crippen LogP contribution is -2.40. The van der Waals surface area contributed by atoms with Gasteiger partial charge in [0.1, 0.15) is 5.82 Å². The van der Waals surface area contributed by atoms with Crippen LogP contribution in [0.1, 0.15) is 62.1 Å². The summed E-state index contributed by atoms with van der Waals surface area (Å²) in [4.78, 5) is 20.4. The van der Waals surface area contributed by atoms with E-state index in [4.69, 9.17) is 4.98 Å². The van der Waals surface area contributed by atoms with Gasteiger partial charge in [0.15, 0.2) is 5.69 Å². The molecule has 28 heavy (non-hydrogen) atoms. The zero-order valence-corrected chi connectivity index (χ0v) is 17.2. The molecule has 2 aromatic rings. The van der Waals surface area contributed by atoms with Crippen molar-refractivity contribution in [2.75, 3.05) is 13.1 Å². The summed E-state index contributed by atoms with van der Waals surface area (Å²) in [6.07, 6.45) is 6.35. The van der Waals surface area contributed by atoms with Crippen molar-refractivity contribution in [3.05, 3.63) is 41.7 Å². The average Bonchev–Trinajstić information content (AvgIpc) is 3.14. The monoisotopic (exact) mass is 380 g/mol. The Morgan fingerprint density at radius 2 is 1.93 bits per heavy atom. The molecule has 5 heteroatoms. The van der Waals surface area contributed by atoms with Crippen LogP contribution in [0.4, 0.5) is 0 Å². The van der Waals surface area contributed by atoms with Gasteiger partial charge in [0.05, 0.1) is 5.69 Å². The van der Waals surface area contributed by atoms with Crippen molar-refractivity contribution in [2.24, 2.45) is 5.92 Å². The third kappa shape index (κ3) is 3.86. The number of hydrogen-bond donors (Lipinski definition) is 1. The lowest BCUT2D eigenvalue weighted by Gasteiger charge is -2.29. The maximum atomic E-state index is 13.2. The van der Waals surface area contributed by atoms with Crippen molar-refractivity contribution in [1.29, 1.82) is 0 Å². The molecule has 1 amide bonds. The van der Waals surface area contributed by atoms with E-state index >= 15 is 0 Å². The van der Waals surface area contributed by atoms with Crippen LogP contribution in [-0.2, 0) is 13.1 Å². The standard InChI is InChI=1S/C23H32N4O/c1-3-26-14-15-27-20(16-26)21(25-22(27)19-12-8-5-9-13-19)23(28)24-17(2)18-10-6-4-7-11-18/h5,8-9,12-13,17-18H,3-4,6-7,10-11,14-16H2,1-2H3,(H,24,28)/t17-/m1/s1. The van der Waals surface area contributed by atoms with Gasteiger partial charge in [-0.2, -0.15) is 0 Å². The number of rotatable bonds is 5. The summed E-state index contributed by atoms with van der Waals surface area (Å²) in [5.41, 5.74) is 2.74. The molecule has 0 saturated heterocycles. The highest BCUT2D eigenvalue weighted by Gasteiger charge is 2.29. The maximum Gasteiger partial charge on any atom is 0.272 e. The van der Waals surface area contributed by atoms with Crippen LogP contribution in [0.15, 0.2) is 30.3 Å². The second-order valence-corrected chi connectivity index (χ2v) is 8.28. The van der Waals surface area contributed by atoms with Gasteiger partial charge in [0.2, 0.25) is 0 Å². The molecule has 5 nitrogen and oxygen atoms in total. The first-order valence-corrected chi connectivity index (χ1v) is 10.9. The first-order chi connectivity index (χ1) is 13.7. The van der Waals surface area contributed by atoms with E-state index in [0.717, 1.165) is 43.3 Å². The number of amides is 1. The molecule has 150 valence electrons. The third-order valence-corrected chi connectivity index (χ3v) is 6.50. The minimum atomic E-state index is -0.0121. The van der Waals surface area contributed by atoms with Crippen LogP contribution in [0, 0.1) is 5.92 Å². The largest absolute Gasteiger partial charge is 0.348 e. The fourth-order valence-electron chi connectivity index (χ4n) is 4.71. The summed E-state index contributed by atoms with van der Waals surface area (Å²) >= 11 is 0. The Morgan fingerprint density at radius 3 is 2.64 bits per heavy atom. The Hall–Kier alpha value is -2.14. The van der Waals surface area contributed by atoms with E-state index in [0.29, 0.717) is 11.6 Å². The number of fused-ring (bicyclic) bond motifs is 1. The number of likely N-dealkylation sites (N-methyl/N-ethyl adjacent to an activating group) is 1. The second kappa shape index (κ2) is 8.48. The van der Waals surface area contributed by atoms with E-state index in [2.05, 4.69) is 40.8 Å². The van der Waals surface area contributed by atoms with Crippen molar-refractivity contribution in [1.82, 2.24) is 19.8 Å². The Kier molecular flexibility index (Phi) is 5.81. The highest BCUT2D eigenvalue weighted by Crippen LogP contribution is 2.28. The van der Waals surface area contributed by atoms with Gasteiger partial charge >= 0.3 is 0 Å². The Balaban J connectivity index is 1.62. The molecule has 0 bridgehead atoms. The number of nitrogens with zero attached hydrogens (tertiary/aromatic N) is 3. The van der Waals surface area contributed by atoms with Crippen molar-refractivity contribution in [2.45, 2.75) is 65.1 Å². The molecule has 4 rings (SSSR count). The van der Waals surface area contributed by atoms with Crippen LogP contribution in [-0.4, -0.2) is 39.5 Å². The van der Waals surface area contributed by atoms with Crippen molar-refractivity contribution in [3.63, 3.8) is 0 Å². The summed E-state index contributed by atoms with van der Waals surface area (Å²) in [6.45, 7) is 8.00. The molecular formula is C23H32N4O. The zero-order valence-electron chi connectivity index (χ0n) is 17.2. The number of carbonyl (C=O) groups excluding carboxylic acids is 1. The Morgan fingerprint density at radius 1 is 1.18 bits per heavy atom. The van der Waals surface area contributed by atoms with Gasteiger partial charge in [-0.25, -0.2) is 4.98 Å². The van der Waals surface area contributed by atoms with Gasteiger partial charge in [-0.05, 0) is 32.2 Å². The molecule has 1 aliphatic carbocycles. The van der Waals surface area contributed by atoms with Gasteiger partial charge in [-0.15, -0.1) is 0 Å². The molecule has 2 aliphatic rings. The van der Waals surface area contributed by atoms with Gasteiger partial charge in [0, 0.05) is 31.2 Å². The van der Waals surface area contributed by atoms with Crippen LogP contribution < -0.4 is 5.32 Å². The second-order valence-electron chi connectivity index (χ2n) is 8.28. The first kappa shape index (κ1) is 19.2. The fourth-order valence-corrected chi connectivity index (χ4v) is 4.71. The summed E-state index contributed by atoms with van der Waals surface area (Å²) in [5, 5.41) is 3.28. The highest BCUT2D eigenvalue weighted by molar-refractivity contribution is 5.94. The summed E-state index contributed by atoms with van der Waals surface area (Å²) < 4.78 is 2.25. The molecule has 1 aromatic heterocycles. The molecule has 1 aliphatic heterocycles. The van der Waals surface area contributed by atoms with Gasteiger partial charge in [0.25, 0.3) is 5.91 Å². The van der Waals surface area contributed by atoms with E-state index in [1.807, 2.05) is 18.2 Å². The smallest absolute Gasteiger partial charge is 0.272 e. The number of imidazole rings is 1. The molecule has 1 atom stereocenters. The lowest BCUT2D eigenvalue weighted by molar-refractivity contribution is 0.0911. The van der Waals surface area contributed by atoms with Gasteiger partial charge in [-0.1, -0.05) is 56.5 Å². The molecule has 1 N–H and O–H groups in total. The Labute approximate surface area is 168 Å². The molecule has 0 spiro atoms. The molecule has 0 unspecified atom stereocenters. The van der Waals surface area contributed by atoms with E-state index < -0.39 is 0 Å². The van der Waals surface area contributed by atoms with E-state index in [-0.39, 0.29) is 11.9 Å². The van der Waals surface area contributed by atoms with E-state index in [9.17, 15) is 4.79 Å². The molecule has 1 saturated carbocycles. The molecule has 2 heterocycles. The van der Waals surface area contributed by atoms with Crippen LogP contribution in [0.25, 0.3) is 11.4 Å². The molecule has 1 fully saturated rings. The SMILES string of the molecule is CCN1CCn2c(-c3ccccc3)nc(C(=O)N[C@H](C)C3CCCCC3)c2C1. The molecular weight excluding hydrogens is 348 g/mol. The quantitative estimate of drug-likeness (QED) is 0.850. The van der Waals surface area contributed by atoms with E-state index in [1.165, 1.54) is 32.1 Å². The Bertz CT molecular complexity index is 808. The predicted octanol–water partition coefficient (Wildman–Crippen LogP) is 4.08.